The number of aromatic nitrogens is 2. The standard InChI is InChI=1S/C19H13Cl2F4N3O/c1-28-9-11(18(27-28)19(23,24)25)7-17(29)26-16-5-3-12(22)8-13(16)10-2-4-14(20)15(21)6-10/h2-6,8-9H,7H2,1H3,(H,26,29). The predicted octanol–water partition coefficient (Wildman–Crippen LogP) is 5.73. The largest absolute Gasteiger partial charge is 0.435 e. The quantitative estimate of drug-likeness (QED) is 0.521. The monoisotopic (exact) mass is 445 g/mol. The molecule has 0 aliphatic rings. The first-order valence-corrected chi connectivity index (χ1v) is 8.94. The van der Waals surface area contributed by atoms with Crippen LogP contribution >= 0.6 is 23.2 Å². The Balaban J connectivity index is 1.89. The predicted molar refractivity (Wildman–Crippen MR) is 102 cm³/mol. The van der Waals surface area contributed by atoms with Gasteiger partial charge < -0.3 is 5.32 Å². The summed E-state index contributed by atoms with van der Waals surface area (Å²) in [6, 6.07) is 8.22. The Hall–Kier alpha value is -2.58. The van der Waals surface area contributed by atoms with Gasteiger partial charge in [0.2, 0.25) is 5.91 Å². The SMILES string of the molecule is Cn1cc(CC(=O)Nc2ccc(F)cc2-c2ccc(Cl)c(Cl)c2)c(C(F)(F)F)n1. The Morgan fingerprint density at radius 1 is 1.14 bits per heavy atom. The molecule has 10 heteroatoms. The molecule has 2 aromatic carbocycles. The smallest absolute Gasteiger partial charge is 0.325 e. The van der Waals surface area contributed by atoms with Gasteiger partial charge in [0.1, 0.15) is 5.82 Å². The minimum Gasteiger partial charge on any atom is -0.325 e. The lowest BCUT2D eigenvalue weighted by Gasteiger charge is -2.13. The van der Waals surface area contributed by atoms with Crippen LogP contribution in [0.25, 0.3) is 11.1 Å². The van der Waals surface area contributed by atoms with E-state index in [4.69, 9.17) is 23.2 Å². The number of carbonyl (C=O) groups excluding carboxylic acids is 1. The number of carbonyl (C=O) groups is 1. The summed E-state index contributed by atoms with van der Waals surface area (Å²) in [4.78, 5) is 12.4. The first-order chi connectivity index (χ1) is 13.5. The van der Waals surface area contributed by atoms with Gasteiger partial charge in [0.15, 0.2) is 5.69 Å². The molecule has 0 fully saturated rings. The zero-order valence-corrected chi connectivity index (χ0v) is 16.3. The summed E-state index contributed by atoms with van der Waals surface area (Å²) < 4.78 is 54.0. The van der Waals surface area contributed by atoms with Crippen LogP contribution in [0, 0.1) is 5.82 Å². The van der Waals surface area contributed by atoms with Crippen molar-refractivity contribution in [1.29, 1.82) is 0 Å². The Labute approximate surface area is 173 Å². The minimum atomic E-state index is -4.68. The number of rotatable bonds is 4. The molecule has 1 N–H and O–H groups in total. The van der Waals surface area contributed by atoms with E-state index in [1.165, 1.54) is 31.3 Å². The van der Waals surface area contributed by atoms with Gasteiger partial charge in [-0.3, -0.25) is 9.48 Å². The molecule has 152 valence electrons. The molecular formula is C19H13Cl2F4N3O. The lowest BCUT2D eigenvalue weighted by atomic mass is 10.0. The minimum absolute atomic E-state index is 0.215. The van der Waals surface area contributed by atoms with Gasteiger partial charge in [-0.1, -0.05) is 29.3 Å². The number of amides is 1. The lowest BCUT2D eigenvalue weighted by molar-refractivity contribution is -0.142. The number of nitrogens with zero attached hydrogens (tertiary/aromatic N) is 2. The summed E-state index contributed by atoms with van der Waals surface area (Å²) in [6.07, 6.45) is -4.11. The molecule has 29 heavy (non-hydrogen) atoms. The molecule has 0 unspecified atom stereocenters. The van der Waals surface area contributed by atoms with Crippen molar-refractivity contribution < 1.29 is 22.4 Å². The van der Waals surface area contributed by atoms with Crippen LogP contribution in [0.2, 0.25) is 10.0 Å². The number of aryl methyl sites for hydroxylation is 1. The van der Waals surface area contributed by atoms with Crippen LogP contribution in [0.5, 0.6) is 0 Å². The number of alkyl halides is 3. The molecule has 4 nitrogen and oxygen atoms in total. The molecular weight excluding hydrogens is 433 g/mol. The van der Waals surface area contributed by atoms with Crippen molar-refractivity contribution in [3.05, 3.63) is 69.7 Å². The van der Waals surface area contributed by atoms with Gasteiger partial charge in [-0.05, 0) is 35.9 Å². The highest BCUT2D eigenvalue weighted by Crippen LogP contribution is 2.34. The van der Waals surface area contributed by atoms with E-state index < -0.39 is 30.0 Å². The topological polar surface area (TPSA) is 46.9 Å². The second-order valence-electron chi connectivity index (χ2n) is 6.22. The maximum atomic E-state index is 13.8. The van der Waals surface area contributed by atoms with Gasteiger partial charge in [0.25, 0.3) is 0 Å². The second-order valence-corrected chi connectivity index (χ2v) is 7.03. The Morgan fingerprint density at radius 3 is 2.52 bits per heavy atom. The summed E-state index contributed by atoms with van der Waals surface area (Å²) in [5.74, 6) is -1.27. The zero-order valence-electron chi connectivity index (χ0n) is 14.8. The van der Waals surface area contributed by atoms with E-state index >= 15 is 0 Å². The highest BCUT2D eigenvalue weighted by atomic mass is 35.5. The molecule has 0 bridgehead atoms. The average molecular weight is 446 g/mol. The van der Waals surface area contributed by atoms with Crippen LogP contribution in [0.4, 0.5) is 23.2 Å². The summed E-state index contributed by atoms with van der Waals surface area (Å²) in [6.45, 7) is 0. The zero-order chi connectivity index (χ0) is 21.3. The molecule has 0 aliphatic heterocycles. The molecule has 3 rings (SSSR count). The maximum Gasteiger partial charge on any atom is 0.435 e. The number of anilines is 1. The molecule has 0 atom stereocenters. The van der Waals surface area contributed by atoms with E-state index in [2.05, 4.69) is 10.4 Å². The molecule has 0 spiro atoms. The van der Waals surface area contributed by atoms with Crippen LogP contribution in [0.15, 0.2) is 42.6 Å². The lowest BCUT2D eigenvalue weighted by Crippen LogP contribution is -2.18. The molecule has 0 saturated carbocycles. The van der Waals surface area contributed by atoms with Crippen molar-refractivity contribution in [3.8, 4) is 11.1 Å². The Morgan fingerprint density at radius 2 is 1.86 bits per heavy atom. The van der Waals surface area contributed by atoms with E-state index in [1.807, 2.05) is 0 Å². The number of benzene rings is 2. The highest BCUT2D eigenvalue weighted by Gasteiger charge is 2.37. The van der Waals surface area contributed by atoms with E-state index in [-0.39, 0.29) is 16.3 Å². The summed E-state index contributed by atoms with van der Waals surface area (Å²) in [5, 5.41) is 6.42. The number of halogens is 6. The third-order valence-electron chi connectivity index (χ3n) is 4.01. The van der Waals surface area contributed by atoms with Gasteiger partial charge in [0, 0.05) is 30.1 Å². The average Bonchev–Trinajstić information content (AvgIpc) is 2.99. The summed E-state index contributed by atoms with van der Waals surface area (Å²) in [5.41, 5.74) is -0.396. The molecule has 0 saturated heterocycles. The fourth-order valence-electron chi connectivity index (χ4n) is 2.80. The molecule has 0 aliphatic carbocycles. The van der Waals surface area contributed by atoms with Gasteiger partial charge >= 0.3 is 6.18 Å². The van der Waals surface area contributed by atoms with Gasteiger partial charge in [0.05, 0.1) is 16.5 Å². The van der Waals surface area contributed by atoms with Crippen LogP contribution < -0.4 is 5.32 Å². The number of hydrogen-bond donors (Lipinski definition) is 1. The summed E-state index contributed by atoms with van der Waals surface area (Å²) >= 11 is 11.9. The normalized spacial score (nSPS) is 11.6. The van der Waals surface area contributed by atoms with Crippen LogP contribution in [0.1, 0.15) is 11.3 Å². The Bertz CT molecular complexity index is 1080. The van der Waals surface area contributed by atoms with Crippen molar-refractivity contribution in [1.82, 2.24) is 9.78 Å². The fraction of sp³-hybridized carbons (Fsp3) is 0.158. The van der Waals surface area contributed by atoms with Crippen molar-refractivity contribution in [2.75, 3.05) is 5.32 Å². The maximum absolute atomic E-state index is 13.8. The van der Waals surface area contributed by atoms with Gasteiger partial charge in [-0.15, -0.1) is 0 Å². The van der Waals surface area contributed by atoms with Crippen molar-refractivity contribution >= 4 is 34.8 Å². The van der Waals surface area contributed by atoms with Crippen LogP contribution in [-0.4, -0.2) is 15.7 Å². The molecule has 3 aromatic rings. The third kappa shape index (κ3) is 4.89. The van der Waals surface area contributed by atoms with Gasteiger partial charge in [-0.25, -0.2) is 4.39 Å². The van der Waals surface area contributed by atoms with Gasteiger partial charge in [-0.2, -0.15) is 18.3 Å². The van der Waals surface area contributed by atoms with Crippen molar-refractivity contribution in [3.63, 3.8) is 0 Å². The molecule has 1 heterocycles. The first-order valence-electron chi connectivity index (χ1n) is 8.19. The van der Waals surface area contributed by atoms with E-state index in [9.17, 15) is 22.4 Å². The number of nitrogens with one attached hydrogen (secondary N) is 1. The first kappa shape index (κ1) is 21.1. The second kappa shape index (κ2) is 8.04. The van der Waals surface area contributed by atoms with E-state index in [0.717, 1.165) is 16.9 Å². The summed E-state index contributed by atoms with van der Waals surface area (Å²) in [7, 11) is 1.33. The third-order valence-corrected chi connectivity index (χ3v) is 4.75. The highest BCUT2D eigenvalue weighted by molar-refractivity contribution is 6.42. The van der Waals surface area contributed by atoms with Crippen molar-refractivity contribution in [2.24, 2.45) is 7.05 Å². The molecule has 1 aromatic heterocycles. The molecule has 0 radical (unpaired) electrons. The van der Waals surface area contributed by atoms with E-state index in [1.54, 1.807) is 6.07 Å². The Kier molecular flexibility index (Phi) is 5.86. The number of hydrogen-bond acceptors (Lipinski definition) is 2. The van der Waals surface area contributed by atoms with Crippen LogP contribution in [-0.2, 0) is 24.4 Å². The fourth-order valence-corrected chi connectivity index (χ4v) is 3.10. The van der Waals surface area contributed by atoms with E-state index in [0.29, 0.717) is 16.1 Å². The van der Waals surface area contributed by atoms with Crippen LogP contribution in [0.3, 0.4) is 0 Å². The molecule has 1 amide bonds. The van der Waals surface area contributed by atoms with Crippen molar-refractivity contribution in [2.45, 2.75) is 12.6 Å².